The second kappa shape index (κ2) is 2.46. The average molecular weight is 157 g/mol. The molecule has 10 heavy (non-hydrogen) atoms. The molecule has 58 valence electrons. The zero-order valence-electron chi connectivity index (χ0n) is 6.69. The average Bonchev–Trinajstić information content (AvgIpc) is 1.87. The molecule has 0 unspecified atom stereocenters. The molecule has 0 atom stereocenters. The van der Waals surface area contributed by atoms with Gasteiger partial charge in [0.2, 0.25) is 0 Å². The van der Waals surface area contributed by atoms with Crippen LogP contribution in [0.15, 0.2) is 0 Å². The van der Waals surface area contributed by atoms with Crippen molar-refractivity contribution in [2.24, 2.45) is 0 Å². The standard InChI is InChI=1S/C8H16NP/c1-10-6-8(7-10)4-2-3-5-9-8/h9H,2-7H2,1H3. The van der Waals surface area contributed by atoms with Gasteiger partial charge >= 0.3 is 0 Å². The third kappa shape index (κ3) is 1.10. The summed E-state index contributed by atoms with van der Waals surface area (Å²) in [5.74, 6) is 0. The van der Waals surface area contributed by atoms with Crippen LogP contribution in [0.2, 0.25) is 0 Å². The third-order valence-electron chi connectivity index (χ3n) is 2.73. The van der Waals surface area contributed by atoms with Crippen molar-refractivity contribution in [3.63, 3.8) is 0 Å². The summed E-state index contributed by atoms with van der Waals surface area (Å²) in [5, 5.41) is 3.68. The lowest BCUT2D eigenvalue weighted by atomic mass is 9.92. The van der Waals surface area contributed by atoms with Crippen molar-refractivity contribution in [3.8, 4) is 0 Å². The zero-order chi connectivity index (χ0) is 7.03. The minimum Gasteiger partial charge on any atom is -0.311 e. The van der Waals surface area contributed by atoms with Crippen LogP contribution in [0.1, 0.15) is 19.3 Å². The van der Waals surface area contributed by atoms with Gasteiger partial charge in [0, 0.05) is 5.54 Å². The van der Waals surface area contributed by atoms with Gasteiger partial charge in [-0.2, -0.15) is 0 Å². The molecule has 2 heterocycles. The molecular weight excluding hydrogens is 141 g/mol. The van der Waals surface area contributed by atoms with Gasteiger partial charge in [0.25, 0.3) is 0 Å². The van der Waals surface area contributed by atoms with Crippen LogP contribution in [0.25, 0.3) is 0 Å². The van der Waals surface area contributed by atoms with Crippen LogP contribution >= 0.6 is 7.92 Å². The first-order valence-electron chi connectivity index (χ1n) is 4.24. The van der Waals surface area contributed by atoms with Gasteiger partial charge in [0.15, 0.2) is 0 Å². The molecule has 2 fully saturated rings. The largest absolute Gasteiger partial charge is 0.311 e. The van der Waals surface area contributed by atoms with Crippen LogP contribution in [0.4, 0.5) is 0 Å². The molecule has 2 heteroatoms. The minimum absolute atomic E-state index is 0.448. The Morgan fingerprint density at radius 2 is 2.10 bits per heavy atom. The molecule has 0 amide bonds. The predicted molar refractivity (Wildman–Crippen MR) is 47.2 cm³/mol. The summed E-state index contributed by atoms with van der Waals surface area (Å²) in [6.45, 7) is 3.71. The van der Waals surface area contributed by atoms with E-state index in [0.717, 1.165) is 0 Å². The number of rotatable bonds is 0. The fourth-order valence-corrected chi connectivity index (χ4v) is 4.80. The Bertz CT molecular complexity index is 114. The topological polar surface area (TPSA) is 12.0 Å². The van der Waals surface area contributed by atoms with Crippen molar-refractivity contribution in [1.82, 2.24) is 5.32 Å². The van der Waals surface area contributed by atoms with E-state index in [1.807, 2.05) is 0 Å². The zero-order valence-corrected chi connectivity index (χ0v) is 7.58. The monoisotopic (exact) mass is 157 g/mol. The molecule has 1 spiro atoms. The Hall–Kier alpha value is 0.390. The number of piperidine rings is 1. The molecule has 1 nitrogen and oxygen atoms in total. The molecule has 0 aliphatic carbocycles. The fourth-order valence-electron chi connectivity index (χ4n) is 2.29. The van der Waals surface area contributed by atoms with E-state index >= 15 is 0 Å². The molecule has 0 aromatic heterocycles. The van der Waals surface area contributed by atoms with E-state index in [9.17, 15) is 0 Å². The van der Waals surface area contributed by atoms with Crippen molar-refractivity contribution >= 4 is 7.92 Å². The van der Waals surface area contributed by atoms with Crippen LogP contribution in [0.5, 0.6) is 0 Å². The molecule has 0 saturated carbocycles. The van der Waals surface area contributed by atoms with E-state index in [0.29, 0.717) is 13.5 Å². The van der Waals surface area contributed by atoms with Crippen LogP contribution in [-0.2, 0) is 0 Å². The van der Waals surface area contributed by atoms with Crippen molar-refractivity contribution in [2.75, 3.05) is 25.5 Å². The number of hydrogen-bond acceptors (Lipinski definition) is 1. The van der Waals surface area contributed by atoms with Crippen molar-refractivity contribution in [1.29, 1.82) is 0 Å². The van der Waals surface area contributed by atoms with Gasteiger partial charge in [-0.3, -0.25) is 0 Å². The van der Waals surface area contributed by atoms with Crippen molar-refractivity contribution in [2.45, 2.75) is 24.8 Å². The summed E-state index contributed by atoms with van der Waals surface area (Å²) >= 11 is 0. The van der Waals surface area contributed by atoms with E-state index in [1.54, 1.807) is 0 Å². The normalized spacial score (nSPS) is 47.1. The summed E-state index contributed by atoms with van der Waals surface area (Å²) in [5.41, 5.74) is 0.651. The first kappa shape index (κ1) is 7.06. The Balaban J connectivity index is 1.90. The van der Waals surface area contributed by atoms with Gasteiger partial charge in [-0.1, -0.05) is 6.42 Å². The number of nitrogens with one attached hydrogen (secondary N) is 1. The molecule has 2 aliphatic heterocycles. The summed E-state index contributed by atoms with van der Waals surface area (Å²) in [4.78, 5) is 0. The van der Waals surface area contributed by atoms with Gasteiger partial charge in [0.1, 0.15) is 0 Å². The molecular formula is C8H16NP. The lowest BCUT2D eigenvalue weighted by molar-refractivity contribution is 0.295. The highest BCUT2D eigenvalue weighted by Crippen LogP contribution is 2.51. The lowest BCUT2D eigenvalue weighted by Gasteiger charge is -2.50. The van der Waals surface area contributed by atoms with Crippen LogP contribution in [0.3, 0.4) is 0 Å². The minimum atomic E-state index is 0.448. The Morgan fingerprint density at radius 1 is 1.30 bits per heavy atom. The van der Waals surface area contributed by atoms with E-state index in [1.165, 1.54) is 38.1 Å². The van der Waals surface area contributed by atoms with Gasteiger partial charge in [0.05, 0.1) is 0 Å². The molecule has 2 aliphatic rings. The summed E-state index contributed by atoms with van der Waals surface area (Å²) < 4.78 is 0. The van der Waals surface area contributed by atoms with E-state index in [-0.39, 0.29) is 0 Å². The molecule has 0 radical (unpaired) electrons. The molecule has 0 aromatic carbocycles. The molecule has 1 N–H and O–H groups in total. The van der Waals surface area contributed by atoms with Gasteiger partial charge in [-0.15, -0.1) is 7.92 Å². The van der Waals surface area contributed by atoms with Gasteiger partial charge < -0.3 is 5.32 Å². The predicted octanol–water partition coefficient (Wildman–Crippen LogP) is 1.62. The summed E-state index contributed by atoms with van der Waals surface area (Å²) in [7, 11) is 0.448. The Kier molecular flexibility index (Phi) is 1.74. The van der Waals surface area contributed by atoms with E-state index in [2.05, 4.69) is 12.0 Å². The van der Waals surface area contributed by atoms with Gasteiger partial charge in [-0.05, 0) is 38.4 Å². The van der Waals surface area contributed by atoms with E-state index in [4.69, 9.17) is 0 Å². The maximum Gasteiger partial charge on any atom is 0.0259 e. The summed E-state index contributed by atoms with van der Waals surface area (Å²) in [6, 6.07) is 0. The smallest absolute Gasteiger partial charge is 0.0259 e. The maximum atomic E-state index is 3.68. The van der Waals surface area contributed by atoms with Crippen molar-refractivity contribution in [3.05, 3.63) is 0 Å². The highest BCUT2D eigenvalue weighted by atomic mass is 31.1. The Morgan fingerprint density at radius 3 is 2.60 bits per heavy atom. The quantitative estimate of drug-likeness (QED) is 0.527. The fraction of sp³-hybridized carbons (Fsp3) is 1.00. The van der Waals surface area contributed by atoms with Crippen LogP contribution < -0.4 is 5.32 Å². The highest BCUT2D eigenvalue weighted by molar-refractivity contribution is 7.58. The lowest BCUT2D eigenvalue weighted by Crippen LogP contribution is -2.58. The maximum absolute atomic E-state index is 3.68. The third-order valence-corrected chi connectivity index (χ3v) is 5.02. The second-order valence-corrected chi connectivity index (χ2v) is 6.18. The highest BCUT2D eigenvalue weighted by Gasteiger charge is 2.41. The molecule has 2 rings (SSSR count). The molecule has 2 saturated heterocycles. The first-order valence-corrected chi connectivity index (χ1v) is 6.40. The first-order chi connectivity index (χ1) is 4.81. The van der Waals surface area contributed by atoms with E-state index < -0.39 is 0 Å². The van der Waals surface area contributed by atoms with Crippen molar-refractivity contribution < 1.29 is 0 Å². The second-order valence-electron chi connectivity index (χ2n) is 3.84. The van der Waals surface area contributed by atoms with Gasteiger partial charge in [-0.25, -0.2) is 0 Å². The summed E-state index contributed by atoms with van der Waals surface area (Å²) in [6.07, 6.45) is 7.34. The Labute approximate surface area is 64.3 Å². The van der Waals surface area contributed by atoms with Crippen LogP contribution in [-0.4, -0.2) is 31.1 Å². The SMILES string of the molecule is CP1CC2(CCCCN2)C1. The molecule has 0 bridgehead atoms. The van der Waals surface area contributed by atoms with Crippen LogP contribution in [0, 0.1) is 0 Å². The number of hydrogen-bond donors (Lipinski definition) is 1. The molecule has 0 aromatic rings.